The smallest absolute Gasteiger partial charge is 0.132 e. The maximum atomic E-state index is 6.79. The van der Waals surface area contributed by atoms with E-state index in [-0.39, 0.29) is 0 Å². The van der Waals surface area contributed by atoms with E-state index in [2.05, 4.69) is 117 Å². The molecule has 0 amide bonds. The standard InChI is InChI=1S/C44H40O5/c1-4-23-45-25-27-47-36-19-13-33-15-21-40-42(38(33)29-36)44(3,35-17-11-32(12-18-35)31-9-7-6-8-10-31)43-39-30-37(48-28-26-46-24-5-2)20-14-34(39)16-22-41(43)49-40/h4-22,29-30H,1-2,23-28H2,3H3. The highest BCUT2D eigenvalue weighted by Crippen LogP contribution is 2.56. The lowest BCUT2D eigenvalue weighted by Crippen LogP contribution is -2.30. The molecule has 0 aromatic heterocycles. The van der Waals surface area contributed by atoms with Crippen molar-refractivity contribution in [3.63, 3.8) is 0 Å². The fourth-order valence-electron chi connectivity index (χ4n) is 6.87. The summed E-state index contributed by atoms with van der Waals surface area (Å²) in [6, 6.07) is 40.4. The molecule has 1 aliphatic heterocycles. The Kier molecular flexibility index (Phi) is 9.47. The molecule has 7 rings (SSSR count). The molecule has 6 aromatic carbocycles. The Labute approximate surface area is 288 Å². The first-order valence-electron chi connectivity index (χ1n) is 16.7. The van der Waals surface area contributed by atoms with Gasteiger partial charge < -0.3 is 23.7 Å². The Bertz CT molecular complexity index is 1990. The second-order valence-corrected chi connectivity index (χ2v) is 12.2. The van der Waals surface area contributed by atoms with Crippen molar-refractivity contribution in [2.45, 2.75) is 12.3 Å². The van der Waals surface area contributed by atoms with Crippen molar-refractivity contribution in [3.05, 3.63) is 157 Å². The van der Waals surface area contributed by atoms with Gasteiger partial charge in [-0.05, 0) is 81.6 Å². The molecule has 246 valence electrons. The van der Waals surface area contributed by atoms with Crippen LogP contribution in [0.4, 0.5) is 0 Å². The Morgan fingerprint density at radius 1 is 0.571 bits per heavy atom. The summed E-state index contributed by atoms with van der Waals surface area (Å²) in [5.74, 6) is 3.21. The van der Waals surface area contributed by atoms with Gasteiger partial charge in [-0.15, -0.1) is 13.2 Å². The number of fused-ring (bicyclic) bond motifs is 6. The molecule has 6 aromatic rings. The van der Waals surface area contributed by atoms with Crippen molar-refractivity contribution in [3.8, 4) is 34.1 Å². The van der Waals surface area contributed by atoms with Crippen LogP contribution in [-0.4, -0.2) is 39.6 Å². The van der Waals surface area contributed by atoms with E-state index in [9.17, 15) is 0 Å². The van der Waals surface area contributed by atoms with Crippen LogP contribution in [-0.2, 0) is 14.9 Å². The van der Waals surface area contributed by atoms with E-state index in [1.165, 1.54) is 11.1 Å². The molecule has 49 heavy (non-hydrogen) atoms. The van der Waals surface area contributed by atoms with Crippen LogP contribution < -0.4 is 14.2 Å². The van der Waals surface area contributed by atoms with Gasteiger partial charge in [-0.25, -0.2) is 0 Å². The first-order valence-corrected chi connectivity index (χ1v) is 16.7. The van der Waals surface area contributed by atoms with Gasteiger partial charge in [-0.1, -0.05) is 91.0 Å². The molecule has 0 aliphatic carbocycles. The van der Waals surface area contributed by atoms with Gasteiger partial charge in [0.25, 0.3) is 0 Å². The molecular weight excluding hydrogens is 608 g/mol. The van der Waals surface area contributed by atoms with Crippen molar-refractivity contribution in [1.29, 1.82) is 0 Å². The first-order chi connectivity index (χ1) is 24.1. The van der Waals surface area contributed by atoms with Gasteiger partial charge in [0.15, 0.2) is 0 Å². The third kappa shape index (κ3) is 6.43. The molecule has 0 fully saturated rings. The molecule has 0 saturated heterocycles. The normalized spacial score (nSPS) is 12.9. The van der Waals surface area contributed by atoms with Gasteiger partial charge in [0.2, 0.25) is 0 Å². The summed E-state index contributed by atoms with van der Waals surface area (Å²) >= 11 is 0. The van der Waals surface area contributed by atoms with Crippen LogP contribution in [0.25, 0.3) is 32.7 Å². The van der Waals surface area contributed by atoms with Crippen LogP contribution in [0.5, 0.6) is 23.0 Å². The summed E-state index contributed by atoms with van der Waals surface area (Å²) < 4.78 is 30.3. The molecule has 0 unspecified atom stereocenters. The van der Waals surface area contributed by atoms with Crippen LogP contribution in [0.3, 0.4) is 0 Å². The summed E-state index contributed by atoms with van der Waals surface area (Å²) in [6.45, 7) is 12.6. The topological polar surface area (TPSA) is 46.2 Å². The summed E-state index contributed by atoms with van der Waals surface area (Å²) in [6.07, 6.45) is 3.48. The zero-order chi connectivity index (χ0) is 33.6. The van der Waals surface area contributed by atoms with Gasteiger partial charge in [0.1, 0.15) is 36.2 Å². The zero-order valence-electron chi connectivity index (χ0n) is 27.8. The highest BCUT2D eigenvalue weighted by molar-refractivity contribution is 5.97. The molecule has 5 nitrogen and oxygen atoms in total. The minimum absolute atomic E-state index is 0.442. The van der Waals surface area contributed by atoms with Crippen molar-refractivity contribution in [1.82, 2.24) is 0 Å². The molecule has 0 bridgehead atoms. The molecule has 0 spiro atoms. The van der Waals surface area contributed by atoms with E-state index >= 15 is 0 Å². The lowest BCUT2D eigenvalue weighted by atomic mass is 9.66. The summed E-state index contributed by atoms with van der Waals surface area (Å²) in [4.78, 5) is 0. The molecular formula is C44H40O5. The Balaban J connectivity index is 1.39. The highest BCUT2D eigenvalue weighted by atomic mass is 16.5. The summed E-state index contributed by atoms with van der Waals surface area (Å²) in [5, 5.41) is 4.37. The maximum absolute atomic E-state index is 6.79. The van der Waals surface area contributed by atoms with Gasteiger partial charge in [-0.2, -0.15) is 0 Å². The molecule has 0 radical (unpaired) electrons. The minimum atomic E-state index is -0.603. The molecule has 0 N–H and O–H groups in total. The van der Waals surface area contributed by atoms with E-state index in [1.54, 1.807) is 12.2 Å². The monoisotopic (exact) mass is 648 g/mol. The molecule has 5 heteroatoms. The fourth-order valence-corrected chi connectivity index (χ4v) is 6.87. The fraction of sp³-hybridized carbons (Fsp3) is 0.182. The maximum Gasteiger partial charge on any atom is 0.132 e. The number of rotatable bonds is 14. The van der Waals surface area contributed by atoms with Crippen LogP contribution in [0.2, 0.25) is 0 Å². The second-order valence-electron chi connectivity index (χ2n) is 12.2. The van der Waals surface area contributed by atoms with Crippen LogP contribution in [0, 0.1) is 0 Å². The minimum Gasteiger partial charge on any atom is -0.491 e. The number of ether oxygens (including phenoxy) is 5. The van der Waals surface area contributed by atoms with Crippen LogP contribution >= 0.6 is 0 Å². The van der Waals surface area contributed by atoms with Gasteiger partial charge >= 0.3 is 0 Å². The SMILES string of the molecule is C=CCOCCOc1ccc2ccc3c(c2c1)C(C)(c1ccc(-c2ccccc2)cc1)c1c(ccc2ccc(OCCOCC=C)cc12)O3. The van der Waals surface area contributed by atoms with E-state index in [0.29, 0.717) is 39.6 Å². The summed E-state index contributed by atoms with van der Waals surface area (Å²) in [5.41, 5.74) is 5.09. The second kappa shape index (κ2) is 14.4. The lowest BCUT2D eigenvalue weighted by Gasteiger charge is -2.40. The number of hydrogen-bond donors (Lipinski definition) is 0. The third-order valence-corrected chi connectivity index (χ3v) is 9.16. The Hall–Kier alpha value is -5.36. The lowest BCUT2D eigenvalue weighted by molar-refractivity contribution is 0.121. The van der Waals surface area contributed by atoms with Crippen molar-refractivity contribution in [2.75, 3.05) is 39.6 Å². The Morgan fingerprint density at radius 3 is 1.57 bits per heavy atom. The van der Waals surface area contributed by atoms with Crippen LogP contribution in [0.1, 0.15) is 23.6 Å². The number of benzene rings is 6. The zero-order valence-corrected chi connectivity index (χ0v) is 27.8. The van der Waals surface area contributed by atoms with E-state index in [4.69, 9.17) is 23.7 Å². The molecule has 0 atom stereocenters. The van der Waals surface area contributed by atoms with Crippen molar-refractivity contribution in [2.24, 2.45) is 0 Å². The van der Waals surface area contributed by atoms with Gasteiger partial charge in [0, 0.05) is 11.1 Å². The quantitative estimate of drug-likeness (QED) is 0.0869. The van der Waals surface area contributed by atoms with Crippen LogP contribution in [0.15, 0.2) is 141 Å². The average Bonchev–Trinajstić information content (AvgIpc) is 3.14. The van der Waals surface area contributed by atoms with E-state index < -0.39 is 5.41 Å². The molecule has 1 aliphatic rings. The van der Waals surface area contributed by atoms with E-state index in [1.807, 2.05) is 18.2 Å². The average molecular weight is 649 g/mol. The Morgan fingerprint density at radius 2 is 1.06 bits per heavy atom. The molecule has 0 saturated carbocycles. The predicted octanol–water partition coefficient (Wildman–Crippen LogP) is 10.3. The molecule has 1 heterocycles. The third-order valence-electron chi connectivity index (χ3n) is 9.16. The van der Waals surface area contributed by atoms with E-state index in [0.717, 1.165) is 61.2 Å². The largest absolute Gasteiger partial charge is 0.491 e. The van der Waals surface area contributed by atoms with Crippen molar-refractivity contribution < 1.29 is 23.7 Å². The first kappa shape index (κ1) is 32.2. The number of hydrogen-bond acceptors (Lipinski definition) is 5. The van der Waals surface area contributed by atoms with Crippen molar-refractivity contribution >= 4 is 21.5 Å². The summed E-state index contributed by atoms with van der Waals surface area (Å²) in [7, 11) is 0. The van der Waals surface area contributed by atoms with Gasteiger partial charge in [0.05, 0.1) is 31.8 Å². The highest BCUT2D eigenvalue weighted by Gasteiger charge is 2.42. The van der Waals surface area contributed by atoms with Gasteiger partial charge in [-0.3, -0.25) is 0 Å². The predicted molar refractivity (Wildman–Crippen MR) is 198 cm³/mol.